The molecule has 180 valence electrons. The van der Waals surface area contributed by atoms with Gasteiger partial charge < -0.3 is 4.74 Å². The van der Waals surface area contributed by atoms with Crippen LogP contribution in [0.15, 0.2) is 0 Å². The summed E-state index contributed by atoms with van der Waals surface area (Å²) in [4.78, 5) is 10.9. The van der Waals surface area contributed by atoms with E-state index in [1.807, 2.05) is 6.92 Å². The Balaban J connectivity index is 3.06. The number of carbonyl (C=O) groups is 1. The second kappa shape index (κ2) is 24.7. The van der Waals surface area contributed by atoms with Gasteiger partial charge in [0.15, 0.2) is 0 Å². The fraction of sp³-hybridized carbons (Fsp3) is 0.964. The van der Waals surface area contributed by atoms with Gasteiger partial charge in [-0.25, -0.2) is 0 Å². The molecular formula is C28H56O2. The fourth-order valence-electron chi connectivity index (χ4n) is 4.38. The molecule has 0 aliphatic rings. The molecule has 0 saturated heterocycles. The summed E-state index contributed by atoms with van der Waals surface area (Å²) in [5.41, 5.74) is 0. The molecule has 1 atom stereocenters. The van der Waals surface area contributed by atoms with Crippen molar-refractivity contribution in [3.63, 3.8) is 0 Å². The van der Waals surface area contributed by atoms with Crippen LogP contribution < -0.4 is 0 Å². The van der Waals surface area contributed by atoms with Crippen LogP contribution in [0.3, 0.4) is 0 Å². The first kappa shape index (κ1) is 29.5. The SMILES string of the molecule is CCCCCCCCCCCCCCCCCCCCCCCCC(C)OC(C)=O. The second-order valence-corrected chi connectivity index (χ2v) is 9.63. The highest BCUT2D eigenvalue weighted by Crippen LogP contribution is 2.15. The number of unbranched alkanes of at least 4 members (excludes halogenated alkanes) is 21. The third-order valence-electron chi connectivity index (χ3n) is 6.33. The molecule has 2 nitrogen and oxygen atoms in total. The van der Waals surface area contributed by atoms with Crippen molar-refractivity contribution in [2.45, 2.75) is 175 Å². The van der Waals surface area contributed by atoms with E-state index in [0.717, 1.165) is 6.42 Å². The lowest BCUT2D eigenvalue weighted by molar-refractivity contribution is -0.145. The highest BCUT2D eigenvalue weighted by atomic mass is 16.5. The molecule has 0 aromatic rings. The Morgan fingerprint density at radius 2 is 0.800 bits per heavy atom. The predicted octanol–water partition coefficient (Wildman–Crippen LogP) is 9.93. The third kappa shape index (κ3) is 25.5. The van der Waals surface area contributed by atoms with Gasteiger partial charge in [-0.05, 0) is 19.8 Å². The predicted molar refractivity (Wildman–Crippen MR) is 133 cm³/mol. The van der Waals surface area contributed by atoms with Crippen LogP contribution in [0.5, 0.6) is 0 Å². The fourth-order valence-corrected chi connectivity index (χ4v) is 4.38. The molecule has 0 aliphatic carbocycles. The van der Waals surface area contributed by atoms with Crippen molar-refractivity contribution < 1.29 is 9.53 Å². The molecule has 0 amide bonds. The lowest BCUT2D eigenvalue weighted by Gasteiger charge is -2.11. The van der Waals surface area contributed by atoms with Crippen LogP contribution in [-0.4, -0.2) is 12.1 Å². The Kier molecular flexibility index (Phi) is 24.3. The molecule has 0 radical (unpaired) electrons. The van der Waals surface area contributed by atoms with Crippen molar-refractivity contribution in [3.8, 4) is 0 Å². The van der Waals surface area contributed by atoms with Crippen molar-refractivity contribution in [2.24, 2.45) is 0 Å². The Bertz CT molecular complexity index is 340. The van der Waals surface area contributed by atoms with Gasteiger partial charge >= 0.3 is 5.97 Å². The van der Waals surface area contributed by atoms with Crippen LogP contribution >= 0.6 is 0 Å². The molecule has 0 aliphatic heterocycles. The van der Waals surface area contributed by atoms with E-state index in [0.29, 0.717) is 0 Å². The largest absolute Gasteiger partial charge is 0.463 e. The lowest BCUT2D eigenvalue weighted by atomic mass is 10.0. The number of rotatable bonds is 24. The van der Waals surface area contributed by atoms with Crippen LogP contribution in [0, 0.1) is 0 Å². The number of esters is 1. The molecule has 30 heavy (non-hydrogen) atoms. The molecular weight excluding hydrogens is 368 g/mol. The zero-order valence-electron chi connectivity index (χ0n) is 21.2. The highest BCUT2D eigenvalue weighted by Gasteiger charge is 2.04. The van der Waals surface area contributed by atoms with Crippen molar-refractivity contribution in [1.29, 1.82) is 0 Å². The second-order valence-electron chi connectivity index (χ2n) is 9.63. The van der Waals surface area contributed by atoms with Gasteiger partial charge in [-0.1, -0.05) is 142 Å². The molecule has 0 fully saturated rings. The van der Waals surface area contributed by atoms with Crippen LogP contribution in [0.2, 0.25) is 0 Å². The minimum absolute atomic E-state index is 0.0904. The van der Waals surface area contributed by atoms with Gasteiger partial charge in [-0.15, -0.1) is 0 Å². The topological polar surface area (TPSA) is 26.3 Å². The number of hydrogen-bond acceptors (Lipinski definition) is 2. The maximum absolute atomic E-state index is 10.9. The minimum Gasteiger partial charge on any atom is -0.463 e. The molecule has 0 aromatic heterocycles. The average Bonchev–Trinajstić information content (AvgIpc) is 2.71. The van der Waals surface area contributed by atoms with E-state index >= 15 is 0 Å². The summed E-state index contributed by atoms with van der Waals surface area (Å²) in [6.07, 6.45) is 32.3. The van der Waals surface area contributed by atoms with E-state index in [1.165, 1.54) is 148 Å². The first-order valence-corrected chi connectivity index (χ1v) is 13.8. The third-order valence-corrected chi connectivity index (χ3v) is 6.33. The van der Waals surface area contributed by atoms with Crippen LogP contribution in [0.4, 0.5) is 0 Å². The number of ether oxygens (including phenoxy) is 1. The summed E-state index contributed by atoms with van der Waals surface area (Å²) in [6, 6.07) is 0. The maximum Gasteiger partial charge on any atom is 0.302 e. The van der Waals surface area contributed by atoms with Crippen molar-refractivity contribution in [1.82, 2.24) is 0 Å². The first-order valence-electron chi connectivity index (χ1n) is 13.8. The maximum atomic E-state index is 10.9. The molecule has 0 saturated carbocycles. The lowest BCUT2D eigenvalue weighted by Crippen LogP contribution is -2.11. The quantitative estimate of drug-likeness (QED) is 0.114. The summed E-state index contributed by atoms with van der Waals surface area (Å²) in [5, 5.41) is 0. The van der Waals surface area contributed by atoms with Crippen molar-refractivity contribution in [3.05, 3.63) is 0 Å². The van der Waals surface area contributed by atoms with Gasteiger partial charge in [-0.3, -0.25) is 4.79 Å². The molecule has 0 bridgehead atoms. The molecule has 1 unspecified atom stereocenters. The summed E-state index contributed by atoms with van der Waals surface area (Å²) >= 11 is 0. The van der Waals surface area contributed by atoms with E-state index in [-0.39, 0.29) is 12.1 Å². The van der Waals surface area contributed by atoms with E-state index in [1.54, 1.807) is 0 Å². The van der Waals surface area contributed by atoms with Gasteiger partial charge in [0.1, 0.15) is 0 Å². The van der Waals surface area contributed by atoms with Gasteiger partial charge in [0, 0.05) is 6.92 Å². The molecule has 0 spiro atoms. The average molecular weight is 425 g/mol. The normalized spacial score (nSPS) is 12.2. The van der Waals surface area contributed by atoms with Crippen LogP contribution in [0.1, 0.15) is 168 Å². The van der Waals surface area contributed by atoms with Crippen LogP contribution in [0.25, 0.3) is 0 Å². The summed E-state index contributed by atoms with van der Waals surface area (Å²) in [7, 11) is 0. The Morgan fingerprint density at radius 3 is 1.07 bits per heavy atom. The van der Waals surface area contributed by atoms with Crippen molar-refractivity contribution >= 4 is 5.97 Å². The smallest absolute Gasteiger partial charge is 0.302 e. The zero-order valence-corrected chi connectivity index (χ0v) is 21.2. The zero-order chi connectivity index (χ0) is 22.1. The summed E-state index contributed by atoms with van der Waals surface area (Å²) < 4.78 is 5.16. The van der Waals surface area contributed by atoms with Crippen LogP contribution in [-0.2, 0) is 9.53 Å². The van der Waals surface area contributed by atoms with Gasteiger partial charge in [0.2, 0.25) is 0 Å². The molecule has 0 N–H and O–H groups in total. The monoisotopic (exact) mass is 424 g/mol. The van der Waals surface area contributed by atoms with Gasteiger partial charge in [0.05, 0.1) is 6.10 Å². The Labute approximate surface area is 190 Å². The van der Waals surface area contributed by atoms with Crippen molar-refractivity contribution in [2.75, 3.05) is 0 Å². The van der Waals surface area contributed by atoms with Gasteiger partial charge in [0.25, 0.3) is 0 Å². The number of hydrogen-bond donors (Lipinski definition) is 0. The highest BCUT2D eigenvalue weighted by molar-refractivity contribution is 5.66. The van der Waals surface area contributed by atoms with E-state index in [4.69, 9.17) is 4.74 Å². The minimum atomic E-state index is -0.152. The summed E-state index contributed by atoms with van der Waals surface area (Å²) in [5.74, 6) is -0.152. The Hall–Kier alpha value is -0.530. The van der Waals surface area contributed by atoms with E-state index in [2.05, 4.69) is 6.92 Å². The standard InChI is InChI=1S/C28H56O2/c1-4-5-6-7-8-9-10-11-12-13-14-15-16-17-18-19-20-21-22-23-24-25-26-27(2)30-28(3)29/h27H,4-26H2,1-3H3. The Morgan fingerprint density at radius 1 is 0.533 bits per heavy atom. The first-order chi connectivity index (χ1) is 14.7. The van der Waals surface area contributed by atoms with Gasteiger partial charge in [-0.2, -0.15) is 0 Å². The molecule has 2 heteroatoms. The molecule has 0 rings (SSSR count). The number of carbonyl (C=O) groups excluding carboxylic acids is 1. The molecule has 0 aromatic carbocycles. The van der Waals surface area contributed by atoms with E-state index < -0.39 is 0 Å². The summed E-state index contributed by atoms with van der Waals surface area (Å²) in [6.45, 7) is 5.79. The van der Waals surface area contributed by atoms with E-state index in [9.17, 15) is 4.79 Å². The molecule has 0 heterocycles.